The van der Waals surface area contributed by atoms with E-state index in [-0.39, 0.29) is 6.04 Å². The standard InChI is InChI=1S/C10H16N2S/c1-3-13-10-5-4-9(7-12-10)6-8(2)11/h4-5,7-8H,3,6,11H2,1-2H3. The van der Waals surface area contributed by atoms with E-state index < -0.39 is 0 Å². The van der Waals surface area contributed by atoms with E-state index in [0.717, 1.165) is 17.2 Å². The minimum Gasteiger partial charge on any atom is -0.328 e. The molecule has 1 rings (SSSR count). The average molecular weight is 196 g/mol. The van der Waals surface area contributed by atoms with E-state index in [4.69, 9.17) is 5.73 Å². The maximum absolute atomic E-state index is 5.69. The number of thioether (sulfide) groups is 1. The van der Waals surface area contributed by atoms with Crippen LogP contribution in [0, 0.1) is 0 Å². The van der Waals surface area contributed by atoms with Crippen molar-refractivity contribution in [1.82, 2.24) is 4.98 Å². The molecule has 0 aliphatic heterocycles. The lowest BCUT2D eigenvalue weighted by atomic mass is 10.1. The van der Waals surface area contributed by atoms with Gasteiger partial charge in [0.15, 0.2) is 0 Å². The zero-order valence-corrected chi connectivity index (χ0v) is 8.97. The van der Waals surface area contributed by atoms with E-state index in [1.807, 2.05) is 13.1 Å². The topological polar surface area (TPSA) is 38.9 Å². The second-order valence-electron chi connectivity index (χ2n) is 3.12. The lowest BCUT2D eigenvalue weighted by Gasteiger charge is -2.04. The first kappa shape index (κ1) is 10.5. The molecule has 0 spiro atoms. The van der Waals surface area contributed by atoms with E-state index in [1.165, 1.54) is 5.56 Å². The molecule has 2 nitrogen and oxygen atoms in total. The van der Waals surface area contributed by atoms with Crippen molar-refractivity contribution in [3.05, 3.63) is 23.9 Å². The third-order valence-electron chi connectivity index (χ3n) is 1.65. The van der Waals surface area contributed by atoms with Crippen molar-refractivity contribution in [2.45, 2.75) is 31.3 Å². The second-order valence-corrected chi connectivity index (χ2v) is 4.40. The molecule has 0 saturated heterocycles. The van der Waals surface area contributed by atoms with Gasteiger partial charge in [-0.25, -0.2) is 4.98 Å². The van der Waals surface area contributed by atoms with Crippen LogP contribution in [0.1, 0.15) is 19.4 Å². The first-order valence-electron chi connectivity index (χ1n) is 4.55. The minimum atomic E-state index is 0.214. The highest BCUT2D eigenvalue weighted by Crippen LogP contribution is 2.14. The lowest BCUT2D eigenvalue weighted by molar-refractivity contribution is 0.734. The van der Waals surface area contributed by atoms with Gasteiger partial charge in [-0.1, -0.05) is 13.0 Å². The van der Waals surface area contributed by atoms with Gasteiger partial charge in [-0.2, -0.15) is 0 Å². The maximum atomic E-state index is 5.69. The number of hydrogen-bond acceptors (Lipinski definition) is 3. The Morgan fingerprint density at radius 3 is 2.77 bits per heavy atom. The van der Waals surface area contributed by atoms with Gasteiger partial charge in [-0.3, -0.25) is 0 Å². The quantitative estimate of drug-likeness (QED) is 0.749. The highest BCUT2D eigenvalue weighted by atomic mass is 32.2. The third-order valence-corrected chi connectivity index (χ3v) is 2.47. The number of nitrogens with two attached hydrogens (primary N) is 1. The SMILES string of the molecule is CCSc1ccc(CC(C)N)cn1. The molecule has 0 radical (unpaired) electrons. The number of nitrogens with zero attached hydrogens (tertiary/aromatic N) is 1. The van der Waals surface area contributed by atoms with Crippen molar-refractivity contribution in [3.8, 4) is 0 Å². The van der Waals surface area contributed by atoms with Crippen LogP contribution < -0.4 is 5.73 Å². The highest BCUT2D eigenvalue weighted by Gasteiger charge is 1.98. The molecule has 1 aromatic heterocycles. The molecule has 3 heteroatoms. The fourth-order valence-electron chi connectivity index (χ4n) is 1.14. The lowest BCUT2D eigenvalue weighted by Crippen LogP contribution is -2.17. The normalized spacial score (nSPS) is 12.8. The van der Waals surface area contributed by atoms with Crippen molar-refractivity contribution in [2.24, 2.45) is 5.73 Å². The van der Waals surface area contributed by atoms with Gasteiger partial charge in [0, 0.05) is 12.2 Å². The van der Waals surface area contributed by atoms with Crippen molar-refractivity contribution in [3.63, 3.8) is 0 Å². The smallest absolute Gasteiger partial charge is 0.0959 e. The molecule has 72 valence electrons. The molecular formula is C10H16N2S. The van der Waals surface area contributed by atoms with Gasteiger partial charge in [0.2, 0.25) is 0 Å². The Bertz CT molecular complexity index is 244. The van der Waals surface area contributed by atoms with Crippen molar-refractivity contribution in [1.29, 1.82) is 0 Å². The summed E-state index contributed by atoms with van der Waals surface area (Å²) in [6.45, 7) is 4.14. The Morgan fingerprint density at radius 1 is 1.54 bits per heavy atom. The molecule has 13 heavy (non-hydrogen) atoms. The number of hydrogen-bond donors (Lipinski definition) is 1. The molecule has 1 aromatic rings. The first-order valence-corrected chi connectivity index (χ1v) is 5.54. The monoisotopic (exact) mass is 196 g/mol. The van der Waals surface area contributed by atoms with Gasteiger partial charge in [0.25, 0.3) is 0 Å². The summed E-state index contributed by atoms with van der Waals surface area (Å²) in [4.78, 5) is 4.33. The van der Waals surface area contributed by atoms with Crippen molar-refractivity contribution >= 4 is 11.8 Å². The molecule has 1 unspecified atom stereocenters. The Kier molecular flexibility index (Phi) is 4.25. The average Bonchev–Trinajstić information content (AvgIpc) is 2.08. The molecule has 2 N–H and O–H groups in total. The van der Waals surface area contributed by atoms with Crippen LogP contribution >= 0.6 is 11.8 Å². The Labute approximate surface area is 83.9 Å². The van der Waals surface area contributed by atoms with Crippen molar-refractivity contribution < 1.29 is 0 Å². The fourth-order valence-corrected chi connectivity index (χ4v) is 1.72. The fraction of sp³-hybridized carbons (Fsp3) is 0.500. The van der Waals surface area contributed by atoms with Crippen LogP contribution in [0.15, 0.2) is 23.4 Å². The Hall–Kier alpha value is -0.540. The van der Waals surface area contributed by atoms with Gasteiger partial charge in [0.1, 0.15) is 0 Å². The largest absolute Gasteiger partial charge is 0.328 e. The van der Waals surface area contributed by atoms with E-state index in [0.29, 0.717) is 0 Å². The molecule has 0 aliphatic carbocycles. The van der Waals surface area contributed by atoms with Crippen LogP contribution in [0.2, 0.25) is 0 Å². The Balaban J connectivity index is 2.59. The summed E-state index contributed by atoms with van der Waals surface area (Å²) in [7, 11) is 0. The van der Waals surface area contributed by atoms with Crippen LogP contribution in [-0.4, -0.2) is 16.8 Å². The molecule has 1 atom stereocenters. The molecule has 0 aliphatic rings. The molecule has 0 amide bonds. The zero-order chi connectivity index (χ0) is 9.68. The van der Waals surface area contributed by atoms with Gasteiger partial charge in [-0.05, 0) is 30.7 Å². The van der Waals surface area contributed by atoms with E-state index in [1.54, 1.807) is 11.8 Å². The summed E-state index contributed by atoms with van der Waals surface area (Å²) in [6.07, 6.45) is 2.82. The molecule has 1 heterocycles. The summed E-state index contributed by atoms with van der Waals surface area (Å²) >= 11 is 1.76. The molecule has 0 fully saturated rings. The van der Waals surface area contributed by atoms with E-state index in [2.05, 4.69) is 24.0 Å². The first-order chi connectivity index (χ1) is 6.22. The van der Waals surface area contributed by atoms with Gasteiger partial charge in [-0.15, -0.1) is 11.8 Å². The summed E-state index contributed by atoms with van der Waals surface area (Å²) in [6, 6.07) is 4.38. The molecule has 0 saturated carbocycles. The summed E-state index contributed by atoms with van der Waals surface area (Å²) in [5.74, 6) is 1.07. The number of aromatic nitrogens is 1. The van der Waals surface area contributed by atoms with Crippen LogP contribution in [0.5, 0.6) is 0 Å². The Morgan fingerprint density at radius 2 is 2.31 bits per heavy atom. The predicted molar refractivity (Wildman–Crippen MR) is 58.0 cm³/mol. The third kappa shape index (κ3) is 3.79. The summed E-state index contributed by atoms with van der Waals surface area (Å²) in [5.41, 5.74) is 6.91. The molecular weight excluding hydrogens is 180 g/mol. The van der Waals surface area contributed by atoms with Crippen LogP contribution in [0.25, 0.3) is 0 Å². The zero-order valence-electron chi connectivity index (χ0n) is 8.16. The van der Waals surface area contributed by atoms with Crippen LogP contribution in [0.3, 0.4) is 0 Å². The highest BCUT2D eigenvalue weighted by molar-refractivity contribution is 7.99. The second kappa shape index (κ2) is 5.25. The minimum absolute atomic E-state index is 0.214. The summed E-state index contributed by atoms with van der Waals surface area (Å²) in [5, 5.41) is 1.09. The van der Waals surface area contributed by atoms with Crippen molar-refractivity contribution in [2.75, 3.05) is 5.75 Å². The van der Waals surface area contributed by atoms with Gasteiger partial charge >= 0.3 is 0 Å². The van der Waals surface area contributed by atoms with E-state index in [9.17, 15) is 0 Å². The molecule has 0 aromatic carbocycles. The molecule has 0 bridgehead atoms. The van der Waals surface area contributed by atoms with E-state index >= 15 is 0 Å². The number of rotatable bonds is 4. The van der Waals surface area contributed by atoms with Gasteiger partial charge in [0.05, 0.1) is 5.03 Å². The van der Waals surface area contributed by atoms with Gasteiger partial charge < -0.3 is 5.73 Å². The van der Waals surface area contributed by atoms with Crippen LogP contribution in [-0.2, 0) is 6.42 Å². The maximum Gasteiger partial charge on any atom is 0.0959 e. The number of pyridine rings is 1. The predicted octanol–water partition coefficient (Wildman–Crippen LogP) is 2.08. The van der Waals surface area contributed by atoms with Crippen LogP contribution in [0.4, 0.5) is 0 Å². The summed E-state index contributed by atoms with van der Waals surface area (Å²) < 4.78 is 0.